The summed E-state index contributed by atoms with van der Waals surface area (Å²) < 4.78 is 11.5. The molecule has 0 aromatic heterocycles. The maximum absolute atomic E-state index is 13.1. The van der Waals surface area contributed by atoms with Gasteiger partial charge in [0.15, 0.2) is 0 Å². The third-order valence-corrected chi connectivity index (χ3v) is 4.65. The van der Waals surface area contributed by atoms with Gasteiger partial charge >= 0.3 is 5.97 Å². The van der Waals surface area contributed by atoms with E-state index in [2.05, 4.69) is 41.5 Å². The van der Waals surface area contributed by atoms with Gasteiger partial charge in [-0.1, -0.05) is 55.4 Å². The summed E-state index contributed by atoms with van der Waals surface area (Å²) in [5.74, 6) is 0.0638. The van der Waals surface area contributed by atoms with Gasteiger partial charge in [-0.15, -0.1) is 0 Å². The minimum Gasteiger partial charge on any atom is -0.459 e. The molecule has 0 aliphatic carbocycles. The summed E-state index contributed by atoms with van der Waals surface area (Å²) in [6, 6.07) is -0.0192. The number of ether oxygens (including phenoxy) is 2. The van der Waals surface area contributed by atoms with E-state index in [1.54, 1.807) is 0 Å². The Labute approximate surface area is 149 Å². The van der Waals surface area contributed by atoms with Gasteiger partial charge in [-0.05, 0) is 37.0 Å². The van der Waals surface area contributed by atoms with E-state index in [9.17, 15) is 4.79 Å². The summed E-state index contributed by atoms with van der Waals surface area (Å²) in [7, 11) is 0. The van der Waals surface area contributed by atoms with Crippen molar-refractivity contribution in [3.05, 3.63) is 0 Å². The first-order valence-corrected chi connectivity index (χ1v) is 9.14. The molecular formula is C20H41NO3. The smallest absolute Gasteiger partial charge is 0.312 e. The number of hydrogen-bond acceptors (Lipinski definition) is 4. The molecule has 0 radical (unpaired) electrons. The van der Waals surface area contributed by atoms with Gasteiger partial charge in [-0.2, -0.15) is 0 Å². The molecule has 0 spiro atoms. The van der Waals surface area contributed by atoms with Crippen LogP contribution in [0.2, 0.25) is 0 Å². The van der Waals surface area contributed by atoms with Crippen molar-refractivity contribution in [1.29, 1.82) is 0 Å². The molecule has 24 heavy (non-hydrogen) atoms. The monoisotopic (exact) mass is 343 g/mol. The van der Waals surface area contributed by atoms with Gasteiger partial charge in [0.25, 0.3) is 0 Å². The van der Waals surface area contributed by atoms with Gasteiger partial charge in [-0.3, -0.25) is 4.79 Å². The lowest BCUT2D eigenvalue weighted by Crippen LogP contribution is -2.46. The van der Waals surface area contributed by atoms with Crippen LogP contribution in [0.3, 0.4) is 0 Å². The number of esters is 1. The van der Waals surface area contributed by atoms with E-state index < -0.39 is 5.41 Å². The third kappa shape index (κ3) is 7.52. The van der Waals surface area contributed by atoms with E-state index in [0.29, 0.717) is 13.2 Å². The van der Waals surface area contributed by atoms with Crippen LogP contribution in [-0.2, 0) is 14.3 Å². The van der Waals surface area contributed by atoms with Crippen molar-refractivity contribution in [1.82, 2.24) is 0 Å². The predicted octanol–water partition coefficient (Wildman–Crippen LogP) is 4.41. The number of nitrogens with two attached hydrogens (primary N) is 1. The molecule has 0 bridgehead atoms. The molecule has 0 saturated heterocycles. The van der Waals surface area contributed by atoms with Crippen molar-refractivity contribution in [2.45, 2.75) is 87.8 Å². The quantitative estimate of drug-likeness (QED) is 0.663. The Bertz CT molecular complexity index is 391. The predicted molar refractivity (Wildman–Crippen MR) is 101 cm³/mol. The zero-order valence-electron chi connectivity index (χ0n) is 17.7. The molecule has 4 heteroatoms. The molecule has 3 unspecified atom stereocenters. The zero-order valence-corrected chi connectivity index (χ0v) is 17.7. The number of hydrogen-bond donors (Lipinski definition) is 1. The van der Waals surface area contributed by atoms with E-state index in [1.165, 1.54) is 0 Å². The van der Waals surface area contributed by atoms with Gasteiger partial charge in [0, 0.05) is 6.04 Å². The molecule has 2 N–H and O–H groups in total. The minimum absolute atomic E-state index is 0.0192. The van der Waals surface area contributed by atoms with Crippen molar-refractivity contribution in [2.24, 2.45) is 27.9 Å². The van der Waals surface area contributed by atoms with Crippen LogP contribution in [0.25, 0.3) is 0 Å². The summed E-state index contributed by atoms with van der Waals surface area (Å²) >= 11 is 0. The van der Waals surface area contributed by atoms with Crippen molar-refractivity contribution in [3.63, 3.8) is 0 Å². The maximum atomic E-state index is 13.1. The SMILES string of the molecule is CC(N)COCC(OC(=O)C(C)(CC(C)(C)C)C(C)(C)C)C(C)C. The van der Waals surface area contributed by atoms with Crippen LogP contribution in [0.15, 0.2) is 0 Å². The Kier molecular flexibility index (Phi) is 8.44. The molecule has 0 amide bonds. The summed E-state index contributed by atoms with van der Waals surface area (Å²) in [6.07, 6.45) is 0.520. The Morgan fingerprint density at radius 3 is 1.79 bits per heavy atom. The van der Waals surface area contributed by atoms with Gasteiger partial charge in [0.2, 0.25) is 0 Å². The second-order valence-corrected chi connectivity index (χ2v) is 10.0. The topological polar surface area (TPSA) is 61.6 Å². The molecule has 0 aliphatic rings. The average molecular weight is 344 g/mol. The lowest BCUT2D eigenvalue weighted by atomic mass is 9.61. The Morgan fingerprint density at radius 1 is 0.958 bits per heavy atom. The molecular weight excluding hydrogens is 302 g/mol. The highest BCUT2D eigenvalue weighted by molar-refractivity contribution is 5.77. The molecule has 3 atom stereocenters. The summed E-state index contributed by atoms with van der Waals surface area (Å²) in [5, 5.41) is 0. The first-order chi connectivity index (χ1) is 10.6. The van der Waals surface area contributed by atoms with Crippen LogP contribution in [0.5, 0.6) is 0 Å². The van der Waals surface area contributed by atoms with Crippen LogP contribution in [0.4, 0.5) is 0 Å². The molecule has 0 aliphatic heterocycles. The second-order valence-electron chi connectivity index (χ2n) is 10.0. The largest absolute Gasteiger partial charge is 0.459 e. The van der Waals surface area contributed by atoms with Crippen molar-refractivity contribution in [3.8, 4) is 0 Å². The summed E-state index contributed by atoms with van der Waals surface area (Å²) in [4.78, 5) is 13.1. The van der Waals surface area contributed by atoms with Crippen molar-refractivity contribution in [2.75, 3.05) is 13.2 Å². The first kappa shape index (κ1) is 23.4. The maximum Gasteiger partial charge on any atom is 0.312 e. The third-order valence-electron chi connectivity index (χ3n) is 4.65. The minimum atomic E-state index is -0.556. The number of carbonyl (C=O) groups excluding carboxylic acids is 1. The molecule has 0 fully saturated rings. The molecule has 0 heterocycles. The van der Waals surface area contributed by atoms with E-state index >= 15 is 0 Å². The lowest BCUT2D eigenvalue weighted by Gasteiger charge is -2.44. The average Bonchev–Trinajstić information content (AvgIpc) is 2.33. The highest BCUT2D eigenvalue weighted by Crippen LogP contribution is 2.47. The van der Waals surface area contributed by atoms with Crippen LogP contribution >= 0.6 is 0 Å². The lowest BCUT2D eigenvalue weighted by molar-refractivity contribution is -0.176. The number of rotatable bonds is 8. The fraction of sp³-hybridized carbons (Fsp3) is 0.950. The molecule has 144 valence electrons. The van der Waals surface area contributed by atoms with Gasteiger partial charge in [-0.25, -0.2) is 0 Å². The Hall–Kier alpha value is -0.610. The van der Waals surface area contributed by atoms with E-state index in [-0.39, 0.29) is 34.9 Å². The zero-order chi connectivity index (χ0) is 19.3. The van der Waals surface area contributed by atoms with Crippen LogP contribution in [-0.4, -0.2) is 31.3 Å². The van der Waals surface area contributed by atoms with Gasteiger partial charge in [0.05, 0.1) is 18.6 Å². The number of carbonyl (C=O) groups is 1. The molecule has 4 nitrogen and oxygen atoms in total. The van der Waals surface area contributed by atoms with Gasteiger partial charge < -0.3 is 15.2 Å². The summed E-state index contributed by atoms with van der Waals surface area (Å²) in [5.41, 5.74) is 5.02. The molecule has 0 aromatic carbocycles. The Morgan fingerprint density at radius 2 is 1.46 bits per heavy atom. The molecule has 0 rings (SSSR count). The standard InChI is InChI=1S/C20H41NO3/c1-14(2)16(12-23-11-15(3)21)24-17(22)20(10,19(7,8)9)13-18(4,5)6/h14-16H,11-13,21H2,1-10H3. The fourth-order valence-corrected chi connectivity index (χ4v) is 2.70. The normalized spacial score (nSPS) is 18.2. The fourth-order valence-electron chi connectivity index (χ4n) is 2.70. The van der Waals surface area contributed by atoms with Crippen LogP contribution < -0.4 is 5.73 Å². The first-order valence-electron chi connectivity index (χ1n) is 9.14. The van der Waals surface area contributed by atoms with Crippen molar-refractivity contribution < 1.29 is 14.3 Å². The highest BCUT2D eigenvalue weighted by atomic mass is 16.6. The molecule has 0 aromatic rings. The van der Waals surface area contributed by atoms with Gasteiger partial charge in [0.1, 0.15) is 6.10 Å². The highest BCUT2D eigenvalue weighted by Gasteiger charge is 2.48. The second kappa shape index (κ2) is 8.66. The van der Waals surface area contributed by atoms with Crippen molar-refractivity contribution >= 4 is 5.97 Å². The van der Waals surface area contributed by atoms with Crippen LogP contribution in [0, 0.1) is 22.2 Å². The van der Waals surface area contributed by atoms with E-state index in [0.717, 1.165) is 6.42 Å². The molecule has 0 saturated carbocycles. The van der Waals surface area contributed by atoms with E-state index in [1.807, 2.05) is 27.7 Å². The van der Waals surface area contributed by atoms with Crippen LogP contribution in [0.1, 0.15) is 75.7 Å². The van der Waals surface area contributed by atoms with E-state index in [4.69, 9.17) is 15.2 Å². The Balaban J connectivity index is 5.20. The summed E-state index contributed by atoms with van der Waals surface area (Å²) in [6.45, 7) is 21.7.